The van der Waals surface area contributed by atoms with Crippen LogP contribution in [0.4, 0.5) is 0 Å². The minimum absolute atomic E-state index is 0. The number of halogens is 1. The predicted octanol–water partition coefficient (Wildman–Crippen LogP) is 3.49. The molecule has 0 saturated carbocycles. The molecular formula is C21H34IN3O3. The van der Waals surface area contributed by atoms with Crippen LogP contribution in [0.2, 0.25) is 0 Å². The average Bonchev–Trinajstić information content (AvgIpc) is 2.71. The van der Waals surface area contributed by atoms with E-state index < -0.39 is 0 Å². The number of hydrogen-bond donors (Lipinski definition) is 1. The second-order valence-electron chi connectivity index (χ2n) is 6.82. The first kappa shape index (κ1) is 24.5. The summed E-state index contributed by atoms with van der Waals surface area (Å²) in [5.74, 6) is 1.64. The van der Waals surface area contributed by atoms with E-state index in [0.29, 0.717) is 13.2 Å². The fourth-order valence-corrected chi connectivity index (χ4v) is 3.40. The molecule has 0 amide bonds. The second kappa shape index (κ2) is 13.6. The number of ether oxygens (including phenoxy) is 2. The Morgan fingerprint density at radius 1 is 1.29 bits per heavy atom. The summed E-state index contributed by atoms with van der Waals surface area (Å²) in [6, 6.07) is 8.25. The topological polar surface area (TPSA) is 63.2 Å². The van der Waals surface area contributed by atoms with Crippen molar-refractivity contribution in [3.63, 3.8) is 0 Å². The molecule has 1 aliphatic heterocycles. The van der Waals surface area contributed by atoms with Gasteiger partial charge >= 0.3 is 5.97 Å². The molecule has 6 nitrogen and oxygen atoms in total. The molecule has 7 heteroatoms. The molecule has 1 fully saturated rings. The molecule has 28 heavy (non-hydrogen) atoms. The Kier molecular flexibility index (Phi) is 11.9. The summed E-state index contributed by atoms with van der Waals surface area (Å²) < 4.78 is 10.4. The summed E-state index contributed by atoms with van der Waals surface area (Å²) in [4.78, 5) is 18.6. The van der Waals surface area contributed by atoms with E-state index in [-0.39, 0.29) is 35.9 Å². The van der Waals surface area contributed by atoms with Crippen molar-refractivity contribution >= 4 is 35.9 Å². The molecule has 0 aromatic heterocycles. The van der Waals surface area contributed by atoms with Crippen molar-refractivity contribution in [1.82, 2.24) is 10.2 Å². The van der Waals surface area contributed by atoms with Crippen molar-refractivity contribution in [2.45, 2.75) is 39.0 Å². The van der Waals surface area contributed by atoms with Gasteiger partial charge in [0.2, 0.25) is 0 Å². The summed E-state index contributed by atoms with van der Waals surface area (Å²) in [5, 5.41) is 3.44. The molecule has 0 bridgehead atoms. The Balaban J connectivity index is 0.00000392. The largest absolute Gasteiger partial charge is 0.497 e. The smallest absolute Gasteiger partial charge is 0.310 e. The highest BCUT2D eigenvalue weighted by Gasteiger charge is 2.28. The Bertz CT molecular complexity index is 607. The standard InChI is InChI=1S/C21H33N3O3.HI/c1-4-27-20(25)18-9-7-15-24(16-18)21(22-2)23-14-6-5-8-17-10-12-19(26-3)13-11-17;/h10-13,18H,4-9,14-16H2,1-3H3,(H,22,23);1H/t18-;/m0./s1. The highest BCUT2D eigenvalue weighted by molar-refractivity contribution is 14.0. The van der Waals surface area contributed by atoms with Crippen LogP contribution in [0.5, 0.6) is 5.75 Å². The van der Waals surface area contributed by atoms with Crippen molar-refractivity contribution in [2.75, 3.05) is 40.4 Å². The van der Waals surface area contributed by atoms with Gasteiger partial charge in [-0.15, -0.1) is 24.0 Å². The molecule has 1 atom stereocenters. The van der Waals surface area contributed by atoms with Gasteiger partial charge in [-0.2, -0.15) is 0 Å². The summed E-state index contributed by atoms with van der Waals surface area (Å²) in [7, 11) is 3.48. The molecule has 2 rings (SSSR count). The Morgan fingerprint density at radius 3 is 2.68 bits per heavy atom. The van der Waals surface area contributed by atoms with Gasteiger partial charge in [-0.1, -0.05) is 12.1 Å². The lowest BCUT2D eigenvalue weighted by Gasteiger charge is -2.34. The van der Waals surface area contributed by atoms with Gasteiger partial charge < -0.3 is 19.7 Å². The van der Waals surface area contributed by atoms with Gasteiger partial charge in [0.05, 0.1) is 19.6 Å². The zero-order chi connectivity index (χ0) is 19.5. The number of hydrogen-bond acceptors (Lipinski definition) is 4. The molecule has 158 valence electrons. The minimum Gasteiger partial charge on any atom is -0.497 e. The molecule has 0 aliphatic carbocycles. The number of rotatable bonds is 8. The van der Waals surface area contributed by atoms with Crippen molar-refractivity contribution in [1.29, 1.82) is 0 Å². The SMILES string of the molecule is CCOC(=O)[C@H]1CCCN(C(=NC)NCCCCc2ccc(OC)cc2)C1.I. The highest BCUT2D eigenvalue weighted by Crippen LogP contribution is 2.18. The lowest BCUT2D eigenvalue weighted by molar-refractivity contribution is -0.149. The summed E-state index contributed by atoms with van der Waals surface area (Å²) in [6.07, 6.45) is 5.12. The lowest BCUT2D eigenvalue weighted by Crippen LogP contribution is -2.48. The van der Waals surface area contributed by atoms with Crippen LogP contribution in [-0.4, -0.2) is 57.2 Å². The summed E-state index contributed by atoms with van der Waals surface area (Å²) >= 11 is 0. The average molecular weight is 503 g/mol. The number of carbonyl (C=O) groups excluding carboxylic acids is 1. The molecule has 1 N–H and O–H groups in total. The van der Waals surface area contributed by atoms with Crippen LogP contribution in [0, 0.1) is 5.92 Å². The van der Waals surface area contributed by atoms with E-state index in [1.54, 1.807) is 14.2 Å². The molecule has 1 aromatic carbocycles. The number of guanidine groups is 1. The fraction of sp³-hybridized carbons (Fsp3) is 0.619. The third-order valence-electron chi connectivity index (χ3n) is 4.89. The maximum Gasteiger partial charge on any atom is 0.310 e. The molecule has 0 radical (unpaired) electrons. The lowest BCUT2D eigenvalue weighted by atomic mass is 9.98. The van der Waals surface area contributed by atoms with E-state index in [0.717, 1.165) is 56.9 Å². The molecule has 0 unspecified atom stereocenters. The van der Waals surface area contributed by atoms with E-state index in [4.69, 9.17) is 9.47 Å². The number of likely N-dealkylation sites (tertiary alicyclic amines) is 1. The number of nitrogens with zero attached hydrogens (tertiary/aromatic N) is 2. The number of piperidine rings is 1. The number of esters is 1. The van der Waals surface area contributed by atoms with E-state index in [9.17, 15) is 4.79 Å². The van der Waals surface area contributed by atoms with Gasteiger partial charge in [-0.3, -0.25) is 9.79 Å². The van der Waals surface area contributed by atoms with Crippen LogP contribution >= 0.6 is 24.0 Å². The minimum atomic E-state index is -0.0860. The van der Waals surface area contributed by atoms with Gasteiger partial charge in [0.1, 0.15) is 5.75 Å². The third-order valence-corrected chi connectivity index (χ3v) is 4.89. The second-order valence-corrected chi connectivity index (χ2v) is 6.82. The van der Waals surface area contributed by atoms with Gasteiger partial charge in [-0.05, 0) is 56.7 Å². The quantitative estimate of drug-likeness (QED) is 0.194. The maximum atomic E-state index is 12.0. The molecule has 0 spiro atoms. The number of unbranched alkanes of at least 4 members (excludes halogenated alkanes) is 1. The Labute approximate surface area is 186 Å². The van der Waals surface area contributed by atoms with Crippen LogP contribution in [0.1, 0.15) is 38.2 Å². The zero-order valence-electron chi connectivity index (χ0n) is 17.3. The van der Waals surface area contributed by atoms with Crippen molar-refractivity contribution in [3.8, 4) is 5.75 Å². The number of carbonyl (C=O) groups is 1. The van der Waals surface area contributed by atoms with Gasteiger partial charge in [0.25, 0.3) is 0 Å². The van der Waals surface area contributed by atoms with Crippen molar-refractivity contribution in [2.24, 2.45) is 10.9 Å². The number of aliphatic imine (C=N–C) groups is 1. The van der Waals surface area contributed by atoms with E-state index in [2.05, 4.69) is 27.3 Å². The predicted molar refractivity (Wildman–Crippen MR) is 124 cm³/mol. The first-order valence-corrected chi connectivity index (χ1v) is 9.93. The van der Waals surface area contributed by atoms with E-state index in [1.807, 2.05) is 19.1 Å². The Morgan fingerprint density at radius 2 is 2.04 bits per heavy atom. The monoisotopic (exact) mass is 503 g/mol. The first-order valence-electron chi connectivity index (χ1n) is 9.93. The molecule has 1 saturated heterocycles. The van der Waals surface area contributed by atoms with Crippen LogP contribution in [0.25, 0.3) is 0 Å². The molecular weight excluding hydrogens is 469 g/mol. The third kappa shape index (κ3) is 7.85. The number of benzene rings is 1. The van der Waals surface area contributed by atoms with Gasteiger partial charge in [0, 0.05) is 26.7 Å². The molecule has 1 heterocycles. The number of aryl methyl sites for hydroxylation is 1. The summed E-state index contributed by atoms with van der Waals surface area (Å²) in [6.45, 7) is 4.79. The number of nitrogens with one attached hydrogen (secondary N) is 1. The van der Waals surface area contributed by atoms with E-state index in [1.165, 1.54) is 5.56 Å². The fourth-order valence-electron chi connectivity index (χ4n) is 3.40. The molecule has 1 aromatic rings. The van der Waals surface area contributed by atoms with Crippen LogP contribution in [0.15, 0.2) is 29.3 Å². The van der Waals surface area contributed by atoms with Crippen molar-refractivity contribution < 1.29 is 14.3 Å². The highest BCUT2D eigenvalue weighted by atomic mass is 127. The van der Waals surface area contributed by atoms with Crippen LogP contribution < -0.4 is 10.1 Å². The van der Waals surface area contributed by atoms with Gasteiger partial charge in [0.15, 0.2) is 5.96 Å². The van der Waals surface area contributed by atoms with Crippen LogP contribution in [-0.2, 0) is 16.0 Å². The van der Waals surface area contributed by atoms with Crippen molar-refractivity contribution in [3.05, 3.63) is 29.8 Å². The first-order chi connectivity index (χ1) is 13.2. The zero-order valence-corrected chi connectivity index (χ0v) is 19.6. The Hall–Kier alpha value is -1.51. The van der Waals surface area contributed by atoms with E-state index >= 15 is 0 Å². The van der Waals surface area contributed by atoms with Gasteiger partial charge in [-0.25, -0.2) is 0 Å². The number of methoxy groups -OCH3 is 1. The van der Waals surface area contributed by atoms with Crippen LogP contribution in [0.3, 0.4) is 0 Å². The normalized spacial score (nSPS) is 16.9. The summed E-state index contributed by atoms with van der Waals surface area (Å²) in [5.41, 5.74) is 1.33. The maximum absolute atomic E-state index is 12.0. The molecule has 1 aliphatic rings.